The molecular formula is C25H23N5O3S2. The minimum absolute atomic E-state index is 0.145. The van der Waals surface area contributed by atoms with Gasteiger partial charge < -0.3 is 15.4 Å². The summed E-state index contributed by atoms with van der Waals surface area (Å²) in [7, 11) is 1.64. The predicted octanol–water partition coefficient (Wildman–Crippen LogP) is 5.27. The highest BCUT2D eigenvalue weighted by Crippen LogP contribution is 2.35. The maximum atomic E-state index is 12.3. The maximum Gasteiger partial charge on any atom is 0.234 e. The predicted molar refractivity (Wildman–Crippen MR) is 140 cm³/mol. The number of nitrogens with one attached hydrogen (secondary N) is 2. The fourth-order valence-electron chi connectivity index (χ4n) is 3.19. The zero-order valence-corrected chi connectivity index (χ0v) is 21.0. The van der Waals surface area contributed by atoms with Gasteiger partial charge in [0, 0.05) is 23.9 Å². The van der Waals surface area contributed by atoms with Gasteiger partial charge in [0.25, 0.3) is 0 Å². The molecule has 10 heteroatoms. The van der Waals surface area contributed by atoms with Gasteiger partial charge in [-0.25, -0.2) is 4.98 Å². The molecule has 0 bridgehead atoms. The number of aryl methyl sites for hydroxylation is 1. The van der Waals surface area contributed by atoms with Gasteiger partial charge in [0.2, 0.25) is 11.8 Å². The highest BCUT2D eigenvalue weighted by molar-refractivity contribution is 7.99. The lowest BCUT2D eigenvalue weighted by Crippen LogP contribution is -2.14. The number of carbonyl (C=O) groups excluding carboxylic acids is 2. The molecule has 2 aromatic carbocycles. The van der Waals surface area contributed by atoms with Crippen molar-refractivity contribution in [3.05, 3.63) is 66.4 Å². The number of hydrogen-bond acceptors (Lipinski definition) is 8. The van der Waals surface area contributed by atoms with Crippen LogP contribution in [-0.2, 0) is 9.59 Å². The van der Waals surface area contributed by atoms with Crippen molar-refractivity contribution in [3.8, 4) is 26.9 Å². The number of rotatable bonds is 8. The number of methoxy groups -OCH3 is 1. The molecule has 8 nitrogen and oxygen atoms in total. The normalized spacial score (nSPS) is 10.6. The number of thioether (sulfide) groups is 1. The van der Waals surface area contributed by atoms with Gasteiger partial charge in [0.15, 0.2) is 0 Å². The van der Waals surface area contributed by atoms with E-state index in [0.717, 1.165) is 32.6 Å². The summed E-state index contributed by atoms with van der Waals surface area (Å²) < 4.78 is 5.22. The molecule has 178 valence electrons. The molecule has 2 N–H and O–H groups in total. The monoisotopic (exact) mass is 505 g/mol. The third-order valence-electron chi connectivity index (χ3n) is 4.85. The minimum Gasteiger partial charge on any atom is -0.497 e. The van der Waals surface area contributed by atoms with Crippen LogP contribution in [0.2, 0.25) is 0 Å². The second kappa shape index (κ2) is 11.1. The molecule has 0 radical (unpaired) electrons. The molecule has 0 saturated carbocycles. The molecule has 0 unspecified atom stereocenters. The second-order valence-electron chi connectivity index (χ2n) is 7.51. The van der Waals surface area contributed by atoms with Gasteiger partial charge in [-0.3, -0.25) is 9.59 Å². The van der Waals surface area contributed by atoms with E-state index >= 15 is 0 Å². The van der Waals surface area contributed by atoms with Crippen LogP contribution >= 0.6 is 23.1 Å². The second-order valence-corrected chi connectivity index (χ2v) is 9.51. The first-order valence-electron chi connectivity index (χ1n) is 10.7. The van der Waals surface area contributed by atoms with Crippen molar-refractivity contribution in [2.75, 3.05) is 23.5 Å². The highest BCUT2D eigenvalue weighted by atomic mass is 32.2. The Hall–Kier alpha value is -3.76. The smallest absolute Gasteiger partial charge is 0.234 e. The average molecular weight is 506 g/mol. The van der Waals surface area contributed by atoms with Gasteiger partial charge >= 0.3 is 0 Å². The van der Waals surface area contributed by atoms with Crippen LogP contribution in [0.4, 0.5) is 11.4 Å². The Kier molecular flexibility index (Phi) is 7.74. The van der Waals surface area contributed by atoms with Crippen molar-refractivity contribution >= 4 is 46.3 Å². The lowest BCUT2D eigenvalue weighted by Gasteiger charge is -2.07. The number of ether oxygens (including phenoxy) is 1. The SMILES string of the molecule is COc1ccc(-c2nc(C)c(-c3ccc(SCC(=O)Nc4ccc(NC(C)=O)cc4)nn3)s2)cc1. The van der Waals surface area contributed by atoms with E-state index in [1.807, 2.05) is 43.3 Å². The van der Waals surface area contributed by atoms with Gasteiger partial charge in [-0.2, -0.15) is 0 Å². The van der Waals surface area contributed by atoms with E-state index in [4.69, 9.17) is 4.74 Å². The van der Waals surface area contributed by atoms with E-state index < -0.39 is 0 Å². The van der Waals surface area contributed by atoms with Gasteiger partial charge in [-0.15, -0.1) is 21.5 Å². The molecular weight excluding hydrogens is 482 g/mol. The largest absolute Gasteiger partial charge is 0.497 e. The van der Waals surface area contributed by atoms with Gasteiger partial charge in [-0.1, -0.05) is 11.8 Å². The van der Waals surface area contributed by atoms with Crippen molar-refractivity contribution in [1.82, 2.24) is 15.2 Å². The van der Waals surface area contributed by atoms with Gasteiger partial charge in [-0.05, 0) is 67.6 Å². The van der Waals surface area contributed by atoms with E-state index in [9.17, 15) is 9.59 Å². The maximum absolute atomic E-state index is 12.3. The topological polar surface area (TPSA) is 106 Å². The summed E-state index contributed by atoms with van der Waals surface area (Å²) in [5.41, 5.74) is 3.97. The lowest BCUT2D eigenvalue weighted by molar-refractivity contribution is -0.114. The Balaban J connectivity index is 1.34. The Morgan fingerprint density at radius 2 is 1.63 bits per heavy atom. The van der Waals surface area contributed by atoms with Gasteiger partial charge in [0.05, 0.1) is 23.4 Å². The molecule has 35 heavy (non-hydrogen) atoms. The summed E-state index contributed by atoms with van der Waals surface area (Å²) in [6, 6.07) is 18.5. The zero-order chi connectivity index (χ0) is 24.8. The van der Waals surface area contributed by atoms with Crippen LogP contribution < -0.4 is 15.4 Å². The molecule has 0 atom stereocenters. The van der Waals surface area contributed by atoms with Crippen LogP contribution in [0.5, 0.6) is 5.75 Å². The summed E-state index contributed by atoms with van der Waals surface area (Å²) in [6.07, 6.45) is 0. The number of anilines is 2. The van der Waals surface area contributed by atoms with Gasteiger partial charge in [0.1, 0.15) is 21.5 Å². The van der Waals surface area contributed by atoms with E-state index in [1.165, 1.54) is 18.7 Å². The third kappa shape index (κ3) is 6.43. The van der Waals surface area contributed by atoms with Crippen molar-refractivity contribution in [1.29, 1.82) is 0 Å². The van der Waals surface area contributed by atoms with E-state index in [0.29, 0.717) is 16.4 Å². The Morgan fingerprint density at radius 1 is 0.943 bits per heavy atom. The molecule has 4 rings (SSSR count). The van der Waals surface area contributed by atoms with Crippen molar-refractivity contribution < 1.29 is 14.3 Å². The van der Waals surface area contributed by atoms with E-state index in [2.05, 4.69) is 25.8 Å². The van der Waals surface area contributed by atoms with Crippen LogP contribution in [-0.4, -0.2) is 39.9 Å². The summed E-state index contributed by atoms with van der Waals surface area (Å²) in [6.45, 7) is 3.40. The average Bonchev–Trinajstić information content (AvgIpc) is 3.25. The number of carbonyl (C=O) groups is 2. The fourth-order valence-corrected chi connectivity index (χ4v) is 4.84. The Bertz CT molecular complexity index is 1320. The number of thiazole rings is 1. The molecule has 0 fully saturated rings. The van der Waals surface area contributed by atoms with Crippen molar-refractivity contribution in [2.45, 2.75) is 18.9 Å². The third-order valence-corrected chi connectivity index (χ3v) is 7.00. The summed E-state index contributed by atoms with van der Waals surface area (Å²) in [5, 5.41) is 15.7. The molecule has 4 aromatic rings. The Labute approximate surface area is 211 Å². The molecule has 0 aliphatic rings. The number of aromatic nitrogens is 3. The van der Waals surface area contributed by atoms with E-state index in [1.54, 1.807) is 42.7 Å². The number of amides is 2. The quantitative estimate of drug-likeness (QED) is 0.314. The molecule has 0 spiro atoms. The first kappa shape index (κ1) is 24.4. The summed E-state index contributed by atoms with van der Waals surface area (Å²) >= 11 is 2.87. The molecule has 2 heterocycles. The molecule has 2 aromatic heterocycles. The fraction of sp³-hybridized carbons (Fsp3) is 0.160. The summed E-state index contributed by atoms with van der Waals surface area (Å²) in [4.78, 5) is 29.0. The van der Waals surface area contributed by atoms with Crippen LogP contribution in [0.25, 0.3) is 21.1 Å². The number of nitrogens with zero attached hydrogens (tertiary/aromatic N) is 3. The molecule has 0 aliphatic carbocycles. The zero-order valence-electron chi connectivity index (χ0n) is 19.4. The standard InChI is InChI=1S/C25H23N5O3S2/c1-15-24(35-25(26-15)17-4-10-20(33-3)11-5-17)21-12-13-23(30-29-21)34-14-22(32)28-19-8-6-18(7-9-19)27-16(2)31/h4-13H,14H2,1-3H3,(H,27,31)(H,28,32). The molecule has 2 amide bonds. The first-order chi connectivity index (χ1) is 16.9. The molecule has 0 aliphatic heterocycles. The van der Waals surface area contributed by atoms with Crippen molar-refractivity contribution in [3.63, 3.8) is 0 Å². The summed E-state index contributed by atoms with van der Waals surface area (Å²) in [5.74, 6) is 0.696. The number of benzene rings is 2. The Morgan fingerprint density at radius 3 is 2.23 bits per heavy atom. The highest BCUT2D eigenvalue weighted by Gasteiger charge is 2.14. The van der Waals surface area contributed by atoms with Crippen LogP contribution in [0.3, 0.4) is 0 Å². The minimum atomic E-state index is -0.157. The van der Waals surface area contributed by atoms with E-state index in [-0.39, 0.29) is 17.6 Å². The number of hydrogen-bond donors (Lipinski definition) is 2. The van der Waals surface area contributed by atoms with Crippen LogP contribution in [0.15, 0.2) is 65.7 Å². The van der Waals surface area contributed by atoms with Crippen molar-refractivity contribution in [2.24, 2.45) is 0 Å². The molecule has 0 saturated heterocycles. The van der Waals surface area contributed by atoms with Crippen LogP contribution in [0.1, 0.15) is 12.6 Å². The van der Waals surface area contributed by atoms with Crippen LogP contribution in [0, 0.1) is 6.92 Å². The lowest BCUT2D eigenvalue weighted by atomic mass is 10.2. The first-order valence-corrected chi connectivity index (χ1v) is 12.5.